The van der Waals surface area contributed by atoms with Gasteiger partial charge in [0, 0.05) is 29.2 Å². The van der Waals surface area contributed by atoms with Crippen LogP contribution in [0.1, 0.15) is 17.5 Å². The summed E-state index contributed by atoms with van der Waals surface area (Å²) in [7, 11) is 1.58. The first-order valence-electron chi connectivity index (χ1n) is 8.86. The smallest absolute Gasteiger partial charge is 0.331 e. The molecule has 0 radical (unpaired) electrons. The van der Waals surface area contributed by atoms with E-state index in [1.165, 1.54) is 4.90 Å². The first kappa shape index (κ1) is 18.5. The topological polar surface area (TPSA) is 67.2 Å². The molecule has 0 saturated carbocycles. The van der Waals surface area contributed by atoms with Crippen LogP contribution < -0.4 is 9.64 Å². The lowest BCUT2D eigenvalue weighted by Crippen LogP contribution is -2.52. The summed E-state index contributed by atoms with van der Waals surface area (Å²) < 4.78 is 8.02. The van der Waals surface area contributed by atoms with Crippen LogP contribution in [0.5, 0.6) is 5.75 Å². The predicted octanol–water partition coefficient (Wildman–Crippen LogP) is 3.77. The third-order valence-electron chi connectivity index (χ3n) is 4.84. The van der Waals surface area contributed by atoms with Gasteiger partial charge in [0.1, 0.15) is 5.75 Å². The van der Waals surface area contributed by atoms with Gasteiger partial charge in [0.2, 0.25) is 5.91 Å². The van der Waals surface area contributed by atoms with Crippen LogP contribution in [0.3, 0.4) is 0 Å². The number of carbonyl (C=O) groups is 2. The Labute approximate surface area is 170 Å². The molecule has 0 bridgehead atoms. The number of benzene rings is 1. The fourth-order valence-electron chi connectivity index (χ4n) is 3.37. The number of fused-ring (bicyclic) bond motifs is 1. The van der Waals surface area contributed by atoms with Crippen molar-refractivity contribution in [1.29, 1.82) is 0 Å². The number of pyridine rings is 1. The Morgan fingerprint density at radius 2 is 2.04 bits per heavy atom. The fraction of sp³-hybridized carbons (Fsp3) is 0.250. The standard InChI is InChI=1S/C20H19BrN4O3/c1-13-3-4-14(18(9-13)28-2)12-24-19(26)6-7-23(20(24)27)17-11-22-25-8-5-15(21)10-16(17)25/h3-5,8-11H,6-7,12H2,1-2H3. The number of aromatic nitrogens is 2. The maximum absolute atomic E-state index is 13.2. The summed E-state index contributed by atoms with van der Waals surface area (Å²) in [5.74, 6) is 0.471. The molecule has 0 unspecified atom stereocenters. The third kappa shape index (κ3) is 3.24. The van der Waals surface area contributed by atoms with Crippen LogP contribution >= 0.6 is 15.9 Å². The number of halogens is 1. The van der Waals surface area contributed by atoms with Gasteiger partial charge in [-0.3, -0.25) is 14.6 Å². The van der Waals surface area contributed by atoms with E-state index in [4.69, 9.17) is 4.74 Å². The molecule has 4 rings (SSSR count). The van der Waals surface area contributed by atoms with E-state index in [9.17, 15) is 9.59 Å². The Balaban J connectivity index is 1.67. The van der Waals surface area contributed by atoms with Crippen molar-refractivity contribution in [3.8, 4) is 5.75 Å². The zero-order chi connectivity index (χ0) is 19.8. The molecule has 0 aliphatic carbocycles. The number of rotatable bonds is 4. The minimum Gasteiger partial charge on any atom is -0.496 e. The van der Waals surface area contributed by atoms with Crippen molar-refractivity contribution in [2.24, 2.45) is 0 Å². The van der Waals surface area contributed by atoms with Crippen LogP contribution in [-0.2, 0) is 11.3 Å². The van der Waals surface area contributed by atoms with Gasteiger partial charge in [-0.1, -0.05) is 28.1 Å². The van der Waals surface area contributed by atoms with Gasteiger partial charge in [-0.15, -0.1) is 0 Å². The van der Waals surface area contributed by atoms with Gasteiger partial charge in [0.25, 0.3) is 0 Å². The van der Waals surface area contributed by atoms with Gasteiger partial charge >= 0.3 is 6.03 Å². The Bertz CT molecular complexity index is 1080. The molecule has 7 nitrogen and oxygen atoms in total. The number of carbonyl (C=O) groups excluding carboxylic acids is 2. The second-order valence-electron chi connectivity index (χ2n) is 6.68. The number of urea groups is 1. The molecule has 0 atom stereocenters. The average Bonchev–Trinajstić information content (AvgIpc) is 3.09. The molecule has 144 valence electrons. The second-order valence-corrected chi connectivity index (χ2v) is 7.60. The van der Waals surface area contributed by atoms with Crippen LogP contribution in [0.25, 0.3) is 5.52 Å². The van der Waals surface area contributed by atoms with E-state index in [1.807, 2.05) is 43.5 Å². The van der Waals surface area contributed by atoms with Crippen molar-refractivity contribution in [1.82, 2.24) is 14.5 Å². The van der Waals surface area contributed by atoms with E-state index >= 15 is 0 Å². The zero-order valence-corrected chi connectivity index (χ0v) is 17.1. The average molecular weight is 443 g/mol. The molecule has 3 heterocycles. The fourth-order valence-corrected chi connectivity index (χ4v) is 3.71. The van der Waals surface area contributed by atoms with Crippen LogP contribution in [0.4, 0.5) is 10.5 Å². The normalized spacial score (nSPS) is 14.8. The van der Waals surface area contributed by atoms with Crippen molar-refractivity contribution in [3.05, 3.63) is 58.3 Å². The number of imide groups is 1. The van der Waals surface area contributed by atoms with Gasteiger partial charge in [-0.2, -0.15) is 5.10 Å². The highest BCUT2D eigenvalue weighted by molar-refractivity contribution is 9.10. The van der Waals surface area contributed by atoms with Crippen molar-refractivity contribution < 1.29 is 14.3 Å². The van der Waals surface area contributed by atoms with E-state index in [-0.39, 0.29) is 24.9 Å². The molecule has 0 N–H and O–H groups in total. The summed E-state index contributed by atoms with van der Waals surface area (Å²) in [5.41, 5.74) is 3.32. The lowest BCUT2D eigenvalue weighted by atomic mass is 10.1. The van der Waals surface area contributed by atoms with E-state index in [1.54, 1.807) is 22.7 Å². The molecule has 28 heavy (non-hydrogen) atoms. The van der Waals surface area contributed by atoms with Crippen LogP contribution in [0.2, 0.25) is 0 Å². The summed E-state index contributed by atoms with van der Waals surface area (Å²) in [5, 5.41) is 4.31. The maximum atomic E-state index is 13.2. The molecule has 1 aliphatic heterocycles. The molecule has 1 saturated heterocycles. The quantitative estimate of drug-likeness (QED) is 0.616. The molecule has 1 aromatic carbocycles. The molecule has 8 heteroatoms. The van der Waals surface area contributed by atoms with E-state index in [0.29, 0.717) is 18.0 Å². The van der Waals surface area contributed by atoms with Gasteiger partial charge in [0.15, 0.2) is 0 Å². The number of amides is 3. The molecule has 0 spiro atoms. The zero-order valence-electron chi connectivity index (χ0n) is 15.6. The summed E-state index contributed by atoms with van der Waals surface area (Å²) in [4.78, 5) is 28.6. The highest BCUT2D eigenvalue weighted by Gasteiger charge is 2.34. The first-order valence-corrected chi connectivity index (χ1v) is 9.65. The minimum atomic E-state index is -0.353. The Morgan fingerprint density at radius 3 is 2.82 bits per heavy atom. The number of ether oxygens (including phenoxy) is 1. The molecular weight excluding hydrogens is 424 g/mol. The van der Waals surface area contributed by atoms with Gasteiger partial charge in [0.05, 0.1) is 31.1 Å². The number of hydrogen-bond donors (Lipinski definition) is 0. The van der Waals surface area contributed by atoms with Gasteiger partial charge < -0.3 is 4.74 Å². The largest absolute Gasteiger partial charge is 0.496 e. The SMILES string of the molecule is COc1cc(C)ccc1CN1C(=O)CCN(c2cnn3ccc(Br)cc23)C1=O. The van der Waals surface area contributed by atoms with E-state index in [0.717, 1.165) is 21.1 Å². The first-order chi connectivity index (χ1) is 13.5. The molecule has 1 aliphatic rings. The maximum Gasteiger partial charge on any atom is 0.331 e. The molecule has 2 aromatic heterocycles. The summed E-state index contributed by atoms with van der Waals surface area (Å²) >= 11 is 3.45. The van der Waals surface area contributed by atoms with Crippen molar-refractivity contribution in [2.45, 2.75) is 19.9 Å². The monoisotopic (exact) mass is 442 g/mol. The highest BCUT2D eigenvalue weighted by Crippen LogP contribution is 2.29. The number of nitrogens with zero attached hydrogens (tertiary/aromatic N) is 4. The molecule has 1 fully saturated rings. The molecular formula is C20H19BrN4O3. The lowest BCUT2D eigenvalue weighted by molar-refractivity contribution is -0.129. The summed E-state index contributed by atoms with van der Waals surface area (Å²) in [6, 6.07) is 9.15. The summed E-state index contributed by atoms with van der Waals surface area (Å²) in [6.07, 6.45) is 3.72. The molecule has 3 aromatic rings. The number of anilines is 1. The Morgan fingerprint density at radius 1 is 1.21 bits per heavy atom. The van der Waals surface area contributed by atoms with Crippen molar-refractivity contribution >= 4 is 39.1 Å². The third-order valence-corrected chi connectivity index (χ3v) is 5.33. The van der Waals surface area contributed by atoms with Gasteiger partial charge in [-0.05, 0) is 30.7 Å². The predicted molar refractivity (Wildman–Crippen MR) is 109 cm³/mol. The van der Waals surface area contributed by atoms with E-state index < -0.39 is 0 Å². The number of hydrogen-bond acceptors (Lipinski definition) is 4. The molecule has 3 amide bonds. The minimum absolute atomic E-state index is 0.167. The van der Waals surface area contributed by atoms with Crippen molar-refractivity contribution in [3.63, 3.8) is 0 Å². The van der Waals surface area contributed by atoms with Gasteiger partial charge in [-0.25, -0.2) is 9.31 Å². The van der Waals surface area contributed by atoms with E-state index in [2.05, 4.69) is 21.0 Å². The number of aryl methyl sites for hydroxylation is 1. The Hall–Kier alpha value is -2.87. The van der Waals surface area contributed by atoms with Crippen LogP contribution in [-0.4, -0.2) is 40.1 Å². The van der Waals surface area contributed by atoms with Crippen LogP contribution in [0, 0.1) is 6.92 Å². The second kappa shape index (κ2) is 7.27. The van der Waals surface area contributed by atoms with Crippen LogP contribution in [0.15, 0.2) is 47.2 Å². The van der Waals surface area contributed by atoms with Crippen molar-refractivity contribution in [2.75, 3.05) is 18.6 Å². The summed E-state index contributed by atoms with van der Waals surface area (Å²) in [6.45, 7) is 2.46. The number of methoxy groups -OCH3 is 1. The lowest BCUT2D eigenvalue weighted by Gasteiger charge is -2.33. The highest BCUT2D eigenvalue weighted by atomic mass is 79.9. The Kier molecular flexibility index (Phi) is 4.80.